The van der Waals surface area contributed by atoms with Gasteiger partial charge in [-0.1, -0.05) is 89.5 Å². The largest absolute Gasteiger partial charge is 0.672 e. The summed E-state index contributed by atoms with van der Waals surface area (Å²) in [6, 6.07) is 19.6. The summed E-state index contributed by atoms with van der Waals surface area (Å²) < 4.78 is 42.8. The Hall–Kier alpha value is -1.34. The van der Waals surface area contributed by atoms with Crippen LogP contribution >= 0.6 is 21.3 Å². The standard InChI is InChI=1S/C21H18ClFN2O2S.CH3.ClH.Ru/c22-19-13-18(23)12-11-17(19)14-28(26,27)25-21(16-9-5-2-6-10-16)20(24)15-7-3-1-4-8-15;;;/h1-13,20-21,24H,14H2;1H3;1H;/q-2;-1;;+4/p-1. The maximum absolute atomic E-state index is 13.2. The van der Waals surface area contributed by atoms with Crippen molar-refractivity contribution in [2.45, 2.75) is 17.8 Å². The van der Waals surface area contributed by atoms with Gasteiger partial charge in [0.05, 0.1) is 15.8 Å². The molecular formula is C22H21Cl2FN2O2RuS. The Kier molecular flexibility index (Phi) is 11.9. The summed E-state index contributed by atoms with van der Waals surface area (Å²) in [5, 5.41) is 0.0283. The van der Waals surface area contributed by atoms with E-state index in [1.165, 1.54) is 6.07 Å². The summed E-state index contributed by atoms with van der Waals surface area (Å²) in [5.74, 6) is -1.00. The van der Waals surface area contributed by atoms with Gasteiger partial charge in [-0.3, -0.25) is 0 Å². The Bertz CT molecular complexity index is 1040. The zero-order chi connectivity index (χ0) is 22.1. The number of rotatable bonds is 7. The van der Waals surface area contributed by atoms with Crippen LogP contribution in [-0.2, 0) is 33.1 Å². The van der Waals surface area contributed by atoms with Crippen LogP contribution < -0.4 is 0 Å². The van der Waals surface area contributed by atoms with Gasteiger partial charge in [0.25, 0.3) is 0 Å². The monoisotopic (exact) mass is 568 g/mol. The van der Waals surface area contributed by atoms with Crippen LogP contribution in [0.2, 0.25) is 5.02 Å². The molecule has 0 aliphatic heterocycles. The van der Waals surface area contributed by atoms with Crippen molar-refractivity contribution in [2.75, 3.05) is 0 Å². The molecule has 3 aromatic rings. The van der Waals surface area contributed by atoms with E-state index in [1.807, 2.05) is 29.4 Å². The normalized spacial score (nSPS) is 12.6. The molecule has 0 fully saturated rings. The molecule has 0 radical (unpaired) electrons. The van der Waals surface area contributed by atoms with Crippen LogP contribution in [-0.4, -0.2) is 8.42 Å². The molecule has 3 aromatic carbocycles. The summed E-state index contributed by atoms with van der Waals surface area (Å²) in [6.45, 7) is 0. The third-order valence-electron chi connectivity index (χ3n) is 4.24. The predicted molar refractivity (Wildman–Crippen MR) is 122 cm³/mol. The number of sulfonamides is 1. The summed E-state index contributed by atoms with van der Waals surface area (Å²) in [5.41, 5.74) is 10.2. The molecule has 2 atom stereocenters. The van der Waals surface area contributed by atoms with E-state index in [0.29, 0.717) is 11.1 Å². The van der Waals surface area contributed by atoms with Crippen LogP contribution in [0, 0.1) is 13.2 Å². The predicted octanol–water partition coefficient (Wildman–Crippen LogP) is 7.35. The van der Waals surface area contributed by atoms with Crippen LogP contribution in [0.15, 0.2) is 78.9 Å². The molecule has 0 bridgehead atoms. The molecule has 0 saturated carbocycles. The number of hydrogen-bond donors (Lipinski definition) is 0. The minimum atomic E-state index is -3.97. The minimum absolute atomic E-state index is 0. The van der Waals surface area contributed by atoms with Gasteiger partial charge in [-0.15, -0.1) is 12.1 Å². The van der Waals surface area contributed by atoms with Gasteiger partial charge in [0.1, 0.15) is 5.82 Å². The average Bonchev–Trinajstić information content (AvgIpc) is 2.76. The molecule has 31 heavy (non-hydrogen) atoms. The quantitative estimate of drug-likeness (QED) is 0.221. The molecule has 0 aliphatic rings. The SMILES string of the molecule is [CH3-].[Cl][Ru+3].[NH-]C(c1ccccc1)C([N-]S(=O)(=O)Cc1ccc(F)cc1Cl)c1ccccc1. The van der Waals surface area contributed by atoms with E-state index in [9.17, 15) is 12.8 Å². The van der Waals surface area contributed by atoms with Crippen molar-refractivity contribution in [2.24, 2.45) is 0 Å². The number of halogens is 3. The smallest absolute Gasteiger partial charge is 0.124 e. The van der Waals surface area contributed by atoms with Gasteiger partial charge in [0.15, 0.2) is 0 Å². The molecule has 166 valence electrons. The molecule has 9 heteroatoms. The number of nitrogens with zero attached hydrogens (tertiary/aromatic N) is 1. The van der Waals surface area contributed by atoms with Crippen molar-refractivity contribution >= 4 is 31.3 Å². The van der Waals surface area contributed by atoms with Gasteiger partial charge < -0.3 is 17.9 Å². The Morgan fingerprint density at radius 2 is 1.45 bits per heavy atom. The molecule has 0 aliphatic carbocycles. The van der Waals surface area contributed by atoms with Crippen LogP contribution in [0.1, 0.15) is 28.8 Å². The topological polar surface area (TPSA) is 72.0 Å². The Morgan fingerprint density at radius 1 is 0.935 bits per heavy atom. The molecule has 3 rings (SSSR count). The molecule has 4 nitrogen and oxygen atoms in total. The van der Waals surface area contributed by atoms with Crippen LogP contribution in [0.25, 0.3) is 10.5 Å². The maximum atomic E-state index is 13.2. The van der Waals surface area contributed by atoms with Crippen molar-refractivity contribution in [1.29, 1.82) is 0 Å². The van der Waals surface area contributed by atoms with Crippen molar-refractivity contribution in [3.63, 3.8) is 0 Å². The zero-order valence-corrected chi connectivity index (χ0v) is 20.6. The van der Waals surface area contributed by atoms with Gasteiger partial charge in [-0.05, 0) is 17.7 Å². The Morgan fingerprint density at radius 3 is 1.97 bits per heavy atom. The van der Waals surface area contributed by atoms with E-state index in [0.717, 1.165) is 12.1 Å². The van der Waals surface area contributed by atoms with Gasteiger partial charge in [-0.25, -0.2) is 12.8 Å². The second-order valence-corrected chi connectivity index (χ2v) is 8.38. The van der Waals surface area contributed by atoms with E-state index in [1.54, 1.807) is 48.5 Å². The van der Waals surface area contributed by atoms with Gasteiger partial charge in [0.2, 0.25) is 0 Å². The van der Waals surface area contributed by atoms with Crippen molar-refractivity contribution in [3.8, 4) is 0 Å². The van der Waals surface area contributed by atoms with Crippen molar-refractivity contribution in [1.82, 2.24) is 0 Å². The summed E-state index contributed by atoms with van der Waals surface area (Å²) >= 11 is 7.79. The van der Waals surface area contributed by atoms with Crippen LogP contribution in [0.4, 0.5) is 4.39 Å². The molecule has 0 saturated heterocycles. The Balaban J connectivity index is 0.00000156. The fourth-order valence-corrected chi connectivity index (χ4v) is 4.47. The van der Waals surface area contributed by atoms with E-state index in [4.69, 9.17) is 17.3 Å². The van der Waals surface area contributed by atoms with Crippen molar-refractivity contribution in [3.05, 3.63) is 124 Å². The number of nitrogens with one attached hydrogen (secondary N) is 1. The first-order valence-corrected chi connectivity index (χ1v) is 12.9. The molecule has 0 aromatic heterocycles. The van der Waals surface area contributed by atoms with E-state index in [2.05, 4.69) is 14.4 Å². The minimum Gasteiger partial charge on any atom is -0.672 e. The van der Waals surface area contributed by atoms with Crippen molar-refractivity contribution < 1.29 is 30.1 Å². The fraction of sp³-hybridized carbons (Fsp3) is 0.136. The van der Waals surface area contributed by atoms with Gasteiger partial charge >= 0.3 is 27.0 Å². The first kappa shape index (κ1) is 27.7. The molecule has 1 N–H and O–H groups in total. The Labute approximate surface area is 202 Å². The first-order chi connectivity index (χ1) is 14.4. The maximum Gasteiger partial charge on any atom is 0.124 e. The van der Waals surface area contributed by atoms with Crippen LogP contribution in [0.5, 0.6) is 0 Å². The second-order valence-electron chi connectivity index (χ2n) is 6.31. The molecule has 2 unspecified atom stereocenters. The third kappa shape index (κ3) is 8.26. The zero-order valence-electron chi connectivity index (χ0n) is 16.5. The average molecular weight is 568 g/mol. The van der Waals surface area contributed by atoms with E-state index >= 15 is 0 Å². The van der Waals surface area contributed by atoms with Crippen LogP contribution in [0.3, 0.4) is 0 Å². The number of hydrogen-bond acceptors (Lipinski definition) is 2. The fourth-order valence-electron chi connectivity index (χ4n) is 2.85. The second kappa shape index (κ2) is 13.3. The number of benzene rings is 3. The summed E-state index contributed by atoms with van der Waals surface area (Å²) in [7, 11) is 0.597. The summed E-state index contributed by atoms with van der Waals surface area (Å²) in [4.78, 5) is 0. The first-order valence-electron chi connectivity index (χ1n) is 8.69. The van der Waals surface area contributed by atoms with E-state index < -0.39 is 33.7 Å². The van der Waals surface area contributed by atoms with Gasteiger partial charge in [-0.2, -0.15) is 0 Å². The molecule has 0 spiro atoms. The molecule has 0 heterocycles. The molecule has 0 amide bonds. The molecular weight excluding hydrogens is 547 g/mol. The van der Waals surface area contributed by atoms with Gasteiger partial charge in [0, 0.05) is 5.02 Å². The third-order valence-corrected chi connectivity index (χ3v) is 5.82. The van der Waals surface area contributed by atoms with E-state index in [-0.39, 0.29) is 18.0 Å². The summed E-state index contributed by atoms with van der Waals surface area (Å²) in [6.07, 6.45) is 0.